The first-order valence-electron chi connectivity index (χ1n) is 22.3. The quantitative estimate of drug-likeness (QED) is 0.0579. The van der Waals surface area contributed by atoms with Gasteiger partial charge in [0.1, 0.15) is 37.6 Å². The second kappa shape index (κ2) is 23.2. The van der Waals surface area contributed by atoms with Gasteiger partial charge in [0.05, 0.1) is 26.2 Å². The van der Waals surface area contributed by atoms with Crippen molar-refractivity contribution >= 4 is 36.7 Å². The maximum atomic E-state index is 14.3. The van der Waals surface area contributed by atoms with Gasteiger partial charge in [0.2, 0.25) is 5.91 Å². The Morgan fingerprint density at radius 3 is 1.42 bits per heavy atom. The van der Waals surface area contributed by atoms with E-state index in [4.69, 9.17) is 28.1 Å². The minimum atomic E-state index is -3.06. The van der Waals surface area contributed by atoms with E-state index in [0.717, 1.165) is 32.6 Å². The van der Waals surface area contributed by atoms with Crippen molar-refractivity contribution in [2.24, 2.45) is 0 Å². The van der Waals surface area contributed by atoms with Crippen LogP contribution in [0.25, 0.3) is 0 Å². The summed E-state index contributed by atoms with van der Waals surface area (Å²) >= 11 is 0. The molecule has 0 unspecified atom stereocenters. The average molecular weight is 907 g/mol. The molecule has 0 aromatic heterocycles. The van der Waals surface area contributed by atoms with Crippen LogP contribution in [-0.4, -0.2) is 63.5 Å². The van der Waals surface area contributed by atoms with E-state index >= 15 is 0 Å². The predicted octanol–water partition coefficient (Wildman–Crippen LogP) is 8.00. The zero-order valence-corrected chi connectivity index (χ0v) is 38.6. The highest BCUT2D eigenvalue weighted by molar-refractivity contribution is 6.99. The van der Waals surface area contributed by atoms with Crippen molar-refractivity contribution in [2.75, 3.05) is 6.61 Å². The molecule has 1 fully saturated rings. The number of carbonyl (C=O) groups is 3. The summed E-state index contributed by atoms with van der Waals surface area (Å²) in [5.74, 6) is -1.41. The molecule has 1 aliphatic heterocycles. The number of benzene rings is 6. The lowest BCUT2D eigenvalue weighted by molar-refractivity contribution is -0.149. The molecule has 2 N–H and O–H groups in total. The van der Waals surface area contributed by atoms with Crippen molar-refractivity contribution in [2.45, 2.75) is 89.2 Å². The fourth-order valence-electron chi connectivity index (χ4n) is 8.20. The standard InChI is InChI=1S/C54H58N2O9Si/c1-54(2,3)66(44-30-18-8-19-31-44,45-32-20-9-21-33-45)64-39-47-49(60-35-40-22-10-4-11-23-40)50(61-36-41-24-12-5-13-25-41)51(65-47)56-48(57)34-46(52(58)62-37-42-26-14-6-15-27-42)55-53(59)63-38-43-28-16-7-17-29-43/h4-33,46-47,49-51H,34-39H2,1-3H3,(H,55,59)(H,56,57)/t46-,47+,49+,50+,51-/m0/s1. The van der Waals surface area contributed by atoms with E-state index in [9.17, 15) is 14.4 Å². The van der Waals surface area contributed by atoms with E-state index in [2.05, 4.69) is 55.7 Å². The number of carbonyl (C=O) groups excluding carboxylic acids is 3. The second-order valence-electron chi connectivity index (χ2n) is 17.2. The Balaban J connectivity index is 1.17. The van der Waals surface area contributed by atoms with Crippen molar-refractivity contribution in [3.05, 3.63) is 204 Å². The Bertz CT molecular complexity index is 2370. The first kappa shape index (κ1) is 47.5. The number of rotatable bonds is 20. The minimum Gasteiger partial charge on any atom is -0.459 e. The second-order valence-corrected chi connectivity index (χ2v) is 21.5. The summed E-state index contributed by atoms with van der Waals surface area (Å²) in [6.45, 7) is 7.06. The Morgan fingerprint density at radius 1 is 0.561 bits per heavy atom. The maximum absolute atomic E-state index is 14.3. The first-order valence-corrected chi connectivity index (χ1v) is 24.2. The average Bonchev–Trinajstić information content (AvgIpc) is 3.67. The molecular weight excluding hydrogens is 849 g/mol. The van der Waals surface area contributed by atoms with Crippen molar-refractivity contribution in [1.29, 1.82) is 0 Å². The van der Waals surface area contributed by atoms with Crippen LogP contribution in [0.4, 0.5) is 4.79 Å². The smallest absolute Gasteiger partial charge is 0.408 e. The summed E-state index contributed by atoms with van der Waals surface area (Å²) in [6, 6.07) is 57.1. The fraction of sp³-hybridized carbons (Fsp3) is 0.278. The summed E-state index contributed by atoms with van der Waals surface area (Å²) in [4.78, 5) is 41.1. The summed E-state index contributed by atoms with van der Waals surface area (Å²) in [7, 11) is -3.06. The van der Waals surface area contributed by atoms with E-state index in [1.54, 1.807) is 0 Å². The third-order valence-corrected chi connectivity index (χ3v) is 16.5. The molecular formula is C54H58N2O9Si. The highest BCUT2D eigenvalue weighted by Gasteiger charge is 2.53. The zero-order chi connectivity index (χ0) is 46.2. The fourth-order valence-corrected chi connectivity index (χ4v) is 12.8. The van der Waals surface area contributed by atoms with Crippen molar-refractivity contribution in [1.82, 2.24) is 10.6 Å². The Labute approximate surface area is 388 Å². The van der Waals surface area contributed by atoms with Gasteiger partial charge in [0.15, 0.2) is 6.23 Å². The molecule has 0 spiro atoms. The number of esters is 1. The highest BCUT2D eigenvalue weighted by Crippen LogP contribution is 2.38. The van der Waals surface area contributed by atoms with Crippen LogP contribution in [0.2, 0.25) is 5.04 Å². The van der Waals surface area contributed by atoms with Crippen LogP contribution >= 0.6 is 0 Å². The van der Waals surface area contributed by atoms with Crippen LogP contribution < -0.4 is 21.0 Å². The molecule has 0 radical (unpaired) electrons. The maximum Gasteiger partial charge on any atom is 0.408 e. The van der Waals surface area contributed by atoms with Gasteiger partial charge in [0, 0.05) is 0 Å². The summed E-state index contributed by atoms with van der Waals surface area (Å²) in [5, 5.41) is 7.44. The van der Waals surface area contributed by atoms with Crippen LogP contribution in [0.15, 0.2) is 182 Å². The molecule has 0 saturated carbocycles. The Morgan fingerprint density at radius 2 is 0.970 bits per heavy atom. The summed E-state index contributed by atoms with van der Waals surface area (Å²) in [5.41, 5.74) is 3.36. The van der Waals surface area contributed by atoms with Gasteiger partial charge in [-0.15, -0.1) is 0 Å². The van der Waals surface area contributed by atoms with Crippen LogP contribution in [0, 0.1) is 0 Å². The zero-order valence-electron chi connectivity index (χ0n) is 37.6. The molecule has 342 valence electrons. The third-order valence-electron chi connectivity index (χ3n) is 11.5. The molecule has 6 aromatic carbocycles. The lowest BCUT2D eigenvalue weighted by atomic mass is 10.1. The van der Waals surface area contributed by atoms with Crippen LogP contribution in [-0.2, 0) is 64.1 Å². The molecule has 1 saturated heterocycles. The van der Waals surface area contributed by atoms with Gasteiger partial charge < -0.3 is 38.7 Å². The number of hydrogen-bond donors (Lipinski definition) is 2. The van der Waals surface area contributed by atoms with Gasteiger partial charge in [-0.3, -0.25) is 4.79 Å². The molecule has 1 aliphatic rings. The van der Waals surface area contributed by atoms with Crippen molar-refractivity contribution in [3.8, 4) is 0 Å². The van der Waals surface area contributed by atoms with Gasteiger partial charge in [0.25, 0.3) is 8.32 Å². The minimum absolute atomic E-state index is 0.0390. The van der Waals surface area contributed by atoms with E-state index < -0.39 is 63.3 Å². The lowest BCUT2D eigenvalue weighted by Gasteiger charge is -2.43. The monoisotopic (exact) mass is 906 g/mol. The van der Waals surface area contributed by atoms with Crippen molar-refractivity contribution in [3.63, 3.8) is 0 Å². The number of nitrogens with one attached hydrogen (secondary N) is 2. The predicted molar refractivity (Wildman–Crippen MR) is 255 cm³/mol. The van der Waals surface area contributed by atoms with Crippen LogP contribution in [0.1, 0.15) is 49.4 Å². The molecule has 5 atom stereocenters. The van der Waals surface area contributed by atoms with Gasteiger partial charge in [-0.05, 0) is 37.7 Å². The van der Waals surface area contributed by atoms with Crippen molar-refractivity contribution < 1.29 is 42.5 Å². The Kier molecular flexibility index (Phi) is 16.7. The lowest BCUT2D eigenvalue weighted by Crippen LogP contribution is -2.67. The van der Waals surface area contributed by atoms with Crippen LogP contribution in [0.3, 0.4) is 0 Å². The van der Waals surface area contributed by atoms with Crippen LogP contribution in [0.5, 0.6) is 0 Å². The molecule has 11 nitrogen and oxygen atoms in total. The molecule has 0 aliphatic carbocycles. The van der Waals surface area contributed by atoms with Gasteiger partial charge >= 0.3 is 12.1 Å². The van der Waals surface area contributed by atoms with E-state index in [1.165, 1.54) is 0 Å². The normalized spacial score (nSPS) is 17.6. The number of amides is 2. The molecule has 6 aromatic rings. The topological polar surface area (TPSA) is 131 Å². The SMILES string of the molecule is CC(C)(C)[Si](OC[C@H]1O[C@H](NC(=O)C[C@H](NC(=O)OCc2ccccc2)C(=O)OCc2ccccc2)[C@H](OCc2ccccc2)[C@@H]1OCc1ccccc1)(c1ccccc1)c1ccccc1. The summed E-state index contributed by atoms with van der Waals surface area (Å²) in [6.07, 6.45) is -4.71. The Hall–Kier alpha value is -6.41. The molecule has 1 heterocycles. The largest absolute Gasteiger partial charge is 0.459 e. The molecule has 0 bridgehead atoms. The third kappa shape index (κ3) is 12.7. The van der Waals surface area contributed by atoms with E-state index in [-0.39, 0.29) is 38.1 Å². The van der Waals surface area contributed by atoms with Gasteiger partial charge in [-0.25, -0.2) is 9.59 Å². The first-order chi connectivity index (χ1) is 32.1. The van der Waals surface area contributed by atoms with E-state index in [0.29, 0.717) is 0 Å². The molecule has 2 amide bonds. The molecule has 12 heteroatoms. The number of ether oxygens (including phenoxy) is 5. The molecule has 7 rings (SSSR count). The highest BCUT2D eigenvalue weighted by atomic mass is 28.4. The molecule has 66 heavy (non-hydrogen) atoms. The summed E-state index contributed by atoms with van der Waals surface area (Å²) < 4.78 is 38.8. The van der Waals surface area contributed by atoms with Gasteiger partial charge in [-0.2, -0.15) is 0 Å². The van der Waals surface area contributed by atoms with Gasteiger partial charge in [-0.1, -0.05) is 203 Å². The number of alkyl carbamates (subject to hydrolysis) is 1. The number of hydrogen-bond acceptors (Lipinski definition) is 9. The van der Waals surface area contributed by atoms with E-state index in [1.807, 2.05) is 158 Å².